The predicted octanol–water partition coefficient (Wildman–Crippen LogP) is 8.40. The van der Waals surface area contributed by atoms with Gasteiger partial charge in [0.15, 0.2) is 11.8 Å². The lowest BCUT2D eigenvalue weighted by Crippen LogP contribution is -2.30. The first-order valence-electron chi connectivity index (χ1n) is 15.7. The quantitative estimate of drug-likeness (QED) is 0.242. The third-order valence-corrected chi connectivity index (χ3v) is 7.70. The first-order chi connectivity index (χ1) is 19.8. The monoisotopic (exact) mass is 481 g/mol. The van der Waals surface area contributed by atoms with E-state index in [0.717, 1.165) is 33.3 Å². The number of nitrogens with zero attached hydrogens (tertiary/aromatic N) is 2. The van der Waals surface area contributed by atoms with Crippen LogP contribution in [0.5, 0.6) is 0 Å². The van der Waals surface area contributed by atoms with Gasteiger partial charge in [0, 0.05) is 42.2 Å². The molecule has 0 bridgehead atoms. The van der Waals surface area contributed by atoms with Crippen LogP contribution in [0.25, 0.3) is 44.5 Å². The van der Waals surface area contributed by atoms with E-state index in [4.69, 9.17) is 12.6 Å². The van der Waals surface area contributed by atoms with Crippen LogP contribution in [0.4, 0.5) is 0 Å². The Morgan fingerprint density at radius 2 is 1.69 bits per heavy atom. The first kappa shape index (κ1) is 17.1. The smallest absolute Gasteiger partial charge is 0.227 e. The largest absolute Gasteiger partial charge is 0.437 e. The first-order valence-corrected chi connectivity index (χ1v) is 12.7. The van der Waals surface area contributed by atoms with Crippen molar-refractivity contribution in [3.8, 4) is 22.4 Å². The zero-order chi connectivity index (χ0) is 30.0. The summed E-state index contributed by atoms with van der Waals surface area (Å²) in [7, 11) is 2.00. The number of aromatic nitrogens is 2. The highest BCUT2D eigenvalue weighted by atomic mass is 16.3. The highest BCUT2D eigenvalue weighted by molar-refractivity contribution is 6.08. The SMILES string of the molecule is [2H]C([2H])([2H])C(C)(c1ccc2c(n1)oc1c(-c3cc(-c4ccc(C5CCCC5)cc4)cc[n+]3C)c(C)ccc12)C([2H])([2H])[2H]. The summed E-state index contributed by atoms with van der Waals surface area (Å²) >= 11 is 0. The van der Waals surface area contributed by atoms with Crippen molar-refractivity contribution in [1.82, 2.24) is 4.98 Å². The fourth-order valence-electron chi connectivity index (χ4n) is 5.62. The minimum Gasteiger partial charge on any atom is -0.437 e. The van der Waals surface area contributed by atoms with Gasteiger partial charge in [0.05, 0.1) is 5.56 Å². The maximum atomic E-state index is 8.04. The molecule has 3 heteroatoms. The Bertz CT molecular complexity index is 1780. The molecule has 5 aromatic rings. The molecule has 1 saturated carbocycles. The lowest BCUT2D eigenvalue weighted by atomic mass is 9.91. The molecule has 182 valence electrons. The number of aryl methyl sites for hydroxylation is 2. The number of furan rings is 1. The maximum Gasteiger partial charge on any atom is 0.227 e. The molecule has 3 nitrogen and oxygen atoms in total. The van der Waals surface area contributed by atoms with Crippen LogP contribution in [0, 0.1) is 6.92 Å². The summed E-state index contributed by atoms with van der Waals surface area (Å²) < 4.78 is 56.7. The van der Waals surface area contributed by atoms with Crippen molar-refractivity contribution in [1.29, 1.82) is 0 Å². The summed E-state index contributed by atoms with van der Waals surface area (Å²) in [5.74, 6) is 0.669. The summed E-state index contributed by atoms with van der Waals surface area (Å²) in [6.07, 6.45) is 7.21. The predicted molar refractivity (Wildman–Crippen MR) is 148 cm³/mol. The minimum absolute atomic E-state index is 0.0408. The van der Waals surface area contributed by atoms with E-state index in [0.29, 0.717) is 16.9 Å². The Balaban J connectivity index is 1.48. The van der Waals surface area contributed by atoms with Crippen LogP contribution in [-0.4, -0.2) is 4.98 Å². The van der Waals surface area contributed by atoms with Gasteiger partial charge >= 0.3 is 0 Å². The van der Waals surface area contributed by atoms with Crippen LogP contribution >= 0.6 is 0 Å². The van der Waals surface area contributed by atoms with Gasteiger partial charge in [-0.1, -0.05) is 69.9 Å². The van der Waals surface area contributed by atoms with E-state index in [1.807, 2.05) is 32.3 Å². The number of pyridine rings is 2. The summed E-state index contributed by atoms with van der Waals surface area (Å²) in [5, 5.41) is 1.54. The number of hydrogen-bond donors (Lipinski definition) is 0. The summed E-state index contributed by atoms with van der Waals surface area (Å²) in [6.45, 7) is -2.33. The number of fused-ring (bicyclic) bond motifs is 3. The molecule has 2 aromatic carbocycles. The molecule has 0 N–H and O–H groups in total. The summed E-state index contributed by atoms with van der Waals surface area (Å²) in [4.78, 5) is 4.52. The van der Waals surface area contributed by atoms with Crippen molar-refractivity contribution < 1.29 is 17.2 Å². The Morgan fingerprint density at radius 1 is 0.944 bits per heavy atom. The molecule has 1 aliphatic carbocycles. The lowest BCUT2D eigenvalue weighted by molar-refractivity contribution is -0.660. The Hall–Kier alpha value is -3.46. The van der Waals surface area contributed by atoms with Gasteiger partial charge in [-0.25, -0.2) is 9.55 Å². The standard InChI is InChI=1S/C33H35N2O/c1-21-10-15-26-27-16-17-29(33(2,3)4)34-32(27)36-31(26)30(21)28-20-25(18-19-35(28)5)24-13-11-23(12-14-24)22-8-6-7-9-22/h10-20,22H,6-9H2,1-5H3/q+1/i2D3,3D3. The second kappa shape index (κ2) is 8.58. The second-order valence-electron chi connectivity index (χ2n) is 10.4. The molecule has 0 amide bonds. The molecule has 0 saturated heterocycles. The van der Waals surface area contributed by atoms with E-state index in [2.05, 4.69) is 45.9 Å². The fourth-order valence-corrected chi connectivity index (χ4v) is 5.62. The van der Waals surface area contributed by atoms with Gasteiger partial charge in [-0.05, 0) is 60.1 Å². The molecule has 0 radical (unpaired) electrons. The van der Waals surface area contributed by atoms with Crippen molar-refractivity contribution in [3.63, 3.8) is 0 Å². The molecule has 0 aliphatic heterocycles. The molecule has 0 atom stereocenters. The van der Waals surface area contributed by atoms with Gasteiger partial charge in [0.1, 0.15) is 7.05 Å². The molecule has 0 unspecified atom stereocenters. The molecule has 3 aromatic heterocycles. The van der Waals surface area contributed by atoms with Crippen LogP contribution < -0.4 is 4.57 Å². The van der Waals surface area contributed by atoms with Crippen LogP contribution in [0.15, 0.2) is 71.3 Å². The van der Waals surface area contributed by atoms with Crippen molar-refractivity contribution in [2.45, 2.75) is 64.6 Å². The fraction of sp³-hybridized carbons (Fsp3) is 0.333. The van der Waals surface area contributed by atoms with E-state index in [1.54, 1.807) is 6.07 Å². The topological polar surface area (TPSA) is 29.9 Å². The third kappa shape index (κ3) is 3.91. The highest BCUT2D eigenvalue weighted by Gasteiger charge is 2.24. The van der Waals surface area contributed by atoms with Gasteiger partial charge < -0.3 is 4.42 Å². The van der Waals surface area contributed by atoms with Gasteiger partial charge in [-0.3, -0.25) is 0 Å². The van der Waals surface area contributed by atoms with Gasteiger partial charge in [0.2, 0.25) is 11.4 Å². The zero-order valence-corrected chi connectivity index (χ0v) is 21.1. The molecular weight excluding hydrogens is 440 g/mol. The molecule has 1 fully saturated rings. The molecule has 6 rings (SSSR count). The van der Waals surface area contributed by atoms with E-state index in [9.17, 15) is 0 Å². The Labute approximate surface area is 222 Å². The van der Waals surface area contributed by atoms with Crippen LogP contribution in [-0.2, 0) is 12.5 Å². The van der Waals surface area contributed by atoms with Crippen molar-refractivity contribution in [2.24, 2.45) is 7.05 Å². The Kier molecular flexibility index (Phi) is 4.07. The number of rotatable bonds is 3. The number of benzene rings is 2. The Morgan fingerprint density at radius 3 is 2.44 bits per heavy atom. The van der Waals surface area contributed by atoms with Crippen LogP contribution in [0.3, 0.4) is 0 Å². The molecule has 1 aliphatic rings. The maximum absolute atomic E-state index is 8.04. The highest BCUT2D eigenvalue weighted by Crippen LogP contribution is 2.39. The van der Waals surface area contributed by atoms with Crippen molar-refractivity contribution in [3.05, 3.63) is 83.7 Å². The second-order valence-corrected chi connectivity index (χ2v) is 10.4. The van der Waals surface area contributed by atoms with E-state index >= 15 is 0 Å². The molecule has 0 spiro atoms. The number of hydrogen-bond acceptors (Lipinski definition) is 2. The van der Waals surface area contributed by atoms with Crippen molar-refractivity contribution >= 4 is 22.1 Å². The van der Waals surface area contributed by atoms with Crippen molar-refractivity contribution in [2.75, 3.05) is 0 Å². The normalized spacial score (nSPS) is 18.0. The minimum atomic E-state index is -2.80. The van der Waals surface area contributed by atoms with E-state index in [1.165, 1.54) is 44.2 Å². The zero-order valence-electron chi connectivity index (χ0n) is 27.1. The van der Waals surface area contributed by atoms with E-state index < -0.39 is 19.1 Å². The molecule has 36 heavy (non-hydrogen) atoms. The van der Waals surface area contributed by atoms with Gasteiger partial charge in [0.25, 0.3) is 0 Å². The molecular formula is C33H35N2O+. The third-order valence-electron chi connectivity index (χ3n) is 7.70. The van der Waals surface area contributed by atoms with Gasteiger partial charge in [-0.2, -0.15) is 0 Å². The van der Waals surface area contributed by atoms with E-state index in [-0.39, 0.29) is 11.4 Å². The van der Waals surface area contributed by atoms with Crippen LogP contribution in [0.1, 0.15) is 77.3 Å². The average molecular weight is 482 g/mol. The van der Waals surface area contributed by atoms with Gasteiger partial charge in [-0.15, -0.1) is 0 Å². The lowest BCUT2D eigenvalue weighted by Gasteiger charge is -2.16. The summed E-state index contributed by atoms with van der Waals surface area (Å²) in [6, 6.07) is 20.5. The van der Waals surface area contributed by atoms with Crippen LogP contribution in [0.2, 0.25) is 0 Å². The average Bonchev–Trinajstić information content (AvgIpc) is 3.60. The summed E-state index contributed by atoms with van der Waals surface area (Å²) in [5.41, 5.74) is 5.20. The molecule has 3 heterocycles.